The summed E-state index contributed by atoms with van der Waals surface area (Å²) >= 11 is 6.73. The van der Waals surface area contributed by atoms with Crippen LogP contribution in [-0.4, -0.2) is 12.9 Å². The largest absolute Gasteiger partial charge is 0.496 e. The van der Waals surface area contributed by atoms with E-state index in [9.17, 15) is 4.79 Å². The summed E-state index contributed by atoms with van der Waals surface area (Å²) in [7, 11) is 1.60. The maximum atomic E-state index is 11.2. The van der Waals surface area contributed by atoms with Crippen molar-refractivity contribution in [1.29, 1.82) is 0 Å². The lowest BCUT2D eigenvalue weighted by Crippen LogP contribution is -2.02. The van der Waals surface area contributed by atoms with Gasteiger partial charge in [0.05, 0.1) is 16.4 Å². The van der Waals surface area contributed by atoms with Crippen LogP contribution in [0.3, 0.4) is 0 Å². The SMILES string of the molecule is COc1cccc(C(Br)C(C)=O)c1Br. The first-order chi connectivity index (χ1) is 6.57. The van der Waals surface area contributed by atoms with Gasteiger partial charge in [0.1, 0.15) is 11.5 Å². The second-order valence-electron chi connectivity index (χ2n) is 2.84. The Balaban J connectivity index is 3.15. The van der Waals surface area contributed by atoms with Crippen LogP contribution in [0.2, 0.25) is 0 Å². The molecule has 2 nitrogen and oxygen atoms in total. The van der Waals surface area contributed by atoms with Crippen molar-refractivity contribution in [2.45, 2.75) is 11.8 Å². The molecule has 0 aliphatic heterocycles. The first-order valence-electron chi connectivity index (χ1n) is 4.05. The number of carbonyl (C=O) groups is 1. The molecule has 4 heteroatoms. The minimum atomic E-state index is -0.285. The number of carbonyl (C=O) groups excluding carboxylic acids is 1. The Morgan fingerprint density at radius 3 is 2.64 bits per heavy atom. The Labute approximate surface area is 99.9 Å². The smallest absolute Gasteiger partial charge is 0.147 e. The van der Waals surface area contributed by atoms with Gasteiger partial charge in [0.25, 0.3) is 0 Å². The molecule has 0 aliphatic carbocycles. The van der Waals surface area contributed by atoms with E-state index in [-0.39, 0.29) is 10.6 Å². The highest BCUT2D eigenvalue weighted by atomic mass is 79.9. The molecule has 0 heterocycles. The van der Waals surface area contributed by atoms with Gasteiger partial charge in [-0.1, -0.05) is 28.1 Å². The van der Waals surface area contributed by atoms with Gasteiger partial charge in [0, 0.05) is 0 Å². The van der Waals surface area contributed by atoms with Crippen LogP contribution in [0.4, 0.5) is 0 Å². The van der Waals surface area contributed by atoms with Crippen LogP contribution in [0.1, 0.15) is 17.3 Å². The second kappa shape index (κ2) is 4.94. The molecule has 0 aliphatic rings. The highest BCUT2D eigenvalue weighted by Gasteiger charge is 2.17. The number of rotatable bonds is 3. The van der Waals surface area contributed by atoms with E-state index in [1.807, 2.05) is 18.2 Å². The molecule has 0 fully saturated rings. The quantitative estimate of drug-likeness (QED) is 0.797. The lowest BCUT2D eigenvalue weighted by molar-refractivity contribution is -0.116. The van der Waals surface area contributed by atoms with Crippen LogP contribution in [0.15, 0.2) is 22.7 Å². The lowest BCUT2D eigenvalue weighted by Gasteiger charge is -2.11. The maximum Gasteiger partial charge on any atom is 0.147 e. The summed E-state index contributed by atoms with van der Waals surface area (Å²) in [6, 6.07) is 5.58. The number of ether oxygens (including phenoxy) is 1. The third-order valence-electron chi connectivity index (χ3n) is 1.84. The van der Waals surface area contributed by atoms with Crippen LogP contribution in [0.25, 0.3) is 0 Å². The molecule has 1 aromatic carbocycles. The summed E-state index contributed by atoms with van der Waals surface area (Å²) < 4.78 is 5.96. The number of methoxy groups -OCH3 is 1. The highest BCUT2D eigenvalue weighted by molar-refractivity contribution is 9.11. The molecule has 0 bridgehead atoms. The third kappa shape index (κ3) is 2.36. The summed E-state index contributed by atoms with van der Waals surface area (Å²) in [6.45, 7) is 1.55. The zero-order chi connectivity index (χ0) is 10.7. The third-order valence-corrected chi connectivity index (χ3v) is 3.83. The Bertz CT molecular complexity index is 350. The number of ketones is 1. The first kappa shape index (κ1) is 11.7. The monoisotopic (exact) mass is 320 g/mol. The molecule has 1 atom stereocenters. The van der Waals surface area contributed by atoms with E-state index < -0.39 is 0 Å². The Morgan fingerprint density at radius 1 is 1.50 bits per heavy atom. The van der Waals surface area contributed by atoms with E-state index in [0.717, 1.165) is 15.8 Å². The van der Waals surface area contributed by atoms with Crippen molar-refractivity contribution in [3.63, 3.8) is 0 Å². The number of Topliss-reactive ketones (excluding diaryl/α,β-unsaturated/α-hetero) is 1. The number of hydrogen-bond donors (Lipinski definition) is 0. The molecule has 0 saturated carbocycles. The lowest BCUT2D eigenvalue weighted by atomic mass is 10.1. The van der Waals surface area contributed by atoms with Gasteiger partial charge in [-0.05, 0) is 34.5 Å². The summed E-state index contributed by atoms with van der Waals surface area (Å²) in [6.07, 6.45) is 0. The van der Waals surface area contributed by atoms with Crippen LogP contribution in [-0.2, 0) is 4.79 Å². The molecule has 76 valence electrons. The summed E-state index contributed by atoms with van der Waals surface area (Å²) in [5.74, 6) is 0.798. The van der Waals surface area contributed by atoms with Crippen LogP contribution >= 0.6 is 31.9 Å². The normalized spacial score (nSPS) is 12.3. The number of alkyl halides is 1. The molecular weight excluding hydrogens is 312 g/mol. The van der Waals surface area contributed by atoms with Crippen molar-refractivity contribution in [1.82, 2.24) is 0 Å². The van der Waals surface area contributed by atoms with Crippen molar-refractivity contribution in [2.75, 3.05) is 7.11 Å². The standard InChI is InChI=1S/C10H10Br2O2/c1-6(13)9(11)7-4-3-5-8(14-2)10(7)12/h3-5,9H,1-2H3. The summed E-state index contributed by atoms with van der Waals surface area (Å²) in [5, 5.41) is 0. The van der Waals surface area contributed by atoms with Gasteiger partial charge in [-0.3, -0.25) is 4.79 Å². The van der Waals surface area contributed by atoms with Crippen molar-refractivity contribution in [3.8, 4) is 5.75 Å². The van der Waals surface area contributed by atoms with E-state index in [1.54, 1.807) is 14.0 Å². The molecule has 1 rings (SSSR count). The van der Waals surface area contributed by atoms with E-state index in [0.29, 0.717) is 0 Å². The van der Waals surface area contributed by atoms with Gasteiger partial charge >= 0.3 is 0 Å². The maximum absolute atomic E-state index is 11.2. The second-order valence-corrected chi connectivity index (χ2v) is 4.55. The van der Waals surface area contributed by atoms with Crippen LogP contribution < -0.4 is 4.74 Å². The molecule has 0 N–H and O–H groups in total. The van der Waals surface area contributed by atoms with Crippen LogP contribution in [0, 0.1) is 0 Å². The first-order valence-corrected chi connectivity index (χ1v) is 5.75. The van der Waals surface area contributed by atoms with Gasteiger partial charge in [0.15, 0.2) is 0 Å². The fourth-order valence-electron chi connectivity index (χ4n) is 1.10. The molecule has 0 aromatic heterocycles. The van der Waals surface area contributed by atoms with Gasteiger partial charge in [-0.2, -0.15) is 0 Å². The number of hydrogen-bond acceptors (Lipinski definition) is 2. The van der Waals surface area contributed by atoms with Gasteiger partial charge < -0.3 is 4.74 Å². The topological polar surface area (TPSA) is 26.3 Å². The van der Waals surface area contributed by atoms with Gasteiger partial charge in [-0.15, -0.1) is 0 Å². The summed E-state index contributed by atoms with van der Waals surface area (Å²) in [5.41, 5.74) is 0.886. The summed E-state index contributed by atoms with van der Waals surface area (Å²) in [4.78, 5) is 10.9. The van der Waals surface area contributed by atoms with Gasteiger partial charge in [0.2, 0.25) is 0 Å². The predicted octanol–water partition coefficient (Wildman–Crippen LogP) is 3.48. The highest BCUT2D eigenvalue weighted by Crippen LogP contribution is 2.36. The minimum Gasteiger partial charge on any atom is -0.496 e. The molecule has 1 unspecified atom stereocenters. The zero-order valence-corrected chi connectivity index (χ0v) is 11.1. The van der Waals surface area contributed by atoms with E-state index in [2.05, 4.69) is 31.9 Å². The minimum absolute atomic E-state index is 0.0685. The van der Waals surface area contributed by atoms with Crippen LogP contribution in [0.5, 0.6) is 5.75 Å². The fraction of sp³-hybridized carbons (Fsp3) is 0.300. The predicted molar refractivity (Wildman–Crippen MR) is 63.0 cm³/mol. The van der Waals surface area contributed by atoms with Crippen molar-refractivity contribution in [2.24, 2.45) is 0 Å². The average Bonchev–Trinajstić information content (AvgIpc) is 2.17. The number of benzene rings is 1. The molecule has 0 radical (unpaired) electrons. The molecule has 1 aromatic rings. The average molecular weight is 322 g/mol. The van der Waals surface area contributed by atoms with Crippen molar-refractivity contribution in [3.05, 3.63) is 28.2 Å². The van der Waals surface area contributed by atoms with E-state index >= 15 is 0 Å². The van der Waals surface area contributed by atoms with Gasteiger partial charge in [-0.25, -0.2) is 0 Å². The Morgan fingerprint density at radius 2 is 2.14 bits per heavy atom. The fourth-order valence-corrected chi connectivity index (χ4v) is 2.44. The zero-order valence-electron chi connectivity index (χ0n) is 7.88. The van der Waals surface area contributed by atoms with Crippen molar-refractivity contribution < 1.29 is 9.53 Å². The Hall–Kier alpha value is -0.350. The molecular formula is C10H10Br2O2. The van der Waals surface area contributed by atoms with Crippen molar-refractivity contribution >= 4 is 37.6 Å². The molecule has 14 heavy (non-hydrogen) atoms. The molecule has 0 amide bonds. The molecule has 0 spiro atoms. The van der Waals surface area contributed by atoms with E-state index in [1.165, 1.54) is 0 Å². The molecule has 0 saturated heterocycles. The number of halogens is 2. The Kier molecular flexibility index (Phi) is 4.13. The van der Waals surface area contributed by atoms with E-state index in [4.69, 9.17) is 4.74 Å².